The zero-order valence-electron chi connectivity index (χ0n) is 9.30. The topological polar surface area (TPSA) is 18.5 Å². The van der Waals surface area contributed by atoms with Crippen LogP contribution in [0.15, 0.2) is 60.7 Å². The average Bonchev–Trinajstić information content (AvgIpc) is 2.40. The van der Waals surface area contributed by atoms with Crippen molar-refractivity contribution >= 4 is 5.76 Å². The highest BCUT2D eigenvalue weighted by Crippen LogP contribution is 2.31. The summed E-state index contributed by atoms with van der Waals surface area (Å²) in [4.78, 5) is 0. The first kappa shape index (κ1) is 9.97. The predicted molar refractivity (Wildman–Crippen MR) is 67.0 cm³/mol. The van der Waals surface area contributed by atoms with Crippen molar-refractivity contribution in [1.82, 2.24) is 0 Å². The van der Waals surface area contributed by atoms with E-state index < -0.39 is 0 Å². The van der Waals surface area contributed by atoms with Crippen LogP contribution in [0.4, 0.5) is 0 Å². The van der Waals surface area contributed by atoms with Crippen molar-refractivity contribution in [2.24, 2.45) is 0 Å². The molecule has 0 saturated heterocycles. The Bertz CT molecular complexity index is 544. The minimum absolute atomic E-state index is 0.555. The lowest BCUT2D eigenvalue weighted by atomic mass is 10.1. The van der Waals surface area contributed by atoms with Gasteiger partial charge in [0, 0.05) is 0 Å². The van der Waals surface area contributed by atoms with Crippen LogP contribution in [-0.4, -0.2) is 6.61 Å². The molecule has 0 spiro atoms. The summed E-state index contributed by atoms with van der Waals surface area (Å²) >= 11 is 0. The van der Waals surface area contributed by atoms with Gasteiger partial charge in [0.05, 0.1) is 5.56 Å². The number of ether oxygens (including phenoxy) is 2. The van der Waals surface area contributed by atoms with Gasteiger partial charge >= 0.3 is 0 Å². The smallest absolute Gasteiger partial charge is 0.137 e. The quantitative estimate of drug-likeness (QED) is 0.777. The Balaban J connectivity index is 1.92. The molecule has 2 nitrogen and oxygen atoms in total. The lowest BCUT2D eigenvalue weighted by Gasteiger charge is -2.18. The minimum atomic E-state index is 0.555. The fourth-order valence-electron chi connectivity index (χ4n) is 1.83. The molecule has 0 aromatic heterocycles. The Labute approximate surface area is 100 Å². The maximum atomic E-state index is 5.86. The van der Waals surface area contributed by atoms with Crippen LogP contribution in [0.1, 0.15) is 5.56 Å². The molecule has 1 aliphatic heterocycles. The molecule has 0 atom stereocenters. The highest BCUT2D eigenvalue weighted by molar-refractivity contribution is 5.68. The molecule has 2 aromatic rings. The van der Waals surface area contributed by atoms with E-state index in [4.69, 9.17) is 9.47 Å². The molecule has 0 fully saturated rings. The largest absolute Gasteiger partial charge is 0.489 e. The fraction of sp³-hybridized carbons (Fsp3) is 0.0667. The summed E-state index contributed by atoms with van der Waals surface area (Å²) in [5.74, 6) is 2.58. The van der Waals surface area contributed by atoms with E-state index in [1.54, 1.807) is 0 Å². The predicted octanol–water partition coefficient (Wildman–Crippen LogP) is 3.50. The number of rotatable bonds is 2. The molecule has 2 aromatic carbocycles. The summed E-state index contributed by atoms with van der Waals surface area (Å²) in [6.45, 7) is 0.555. The van der Waals surface area contributed by atoms with Crippen LogP contribution in [-0.2, 0) is 0 Å². The van der Waals surface area contributed by atoms with E-state index in [-0.39, 0.29) is 0 Å². The Kier molecular flexibility index (Phi) is 2.54. The van der Waals surface area contributed by atoms with Crippen molar-refractivity contribution < 1.29 is 9.47 Å². The Hall–Kier alpha value is -2.22. The highest BCUT2D eigenvalue weighted by Gasteiger charge is 2.14. The standard InChI is InChI=1S/C15H12O2/c1-2-6-12(7-3-1)17-15-10-11-16-14-9-5-4-8-13(14)15/h1-10H,11H2. The molecule has 0 amide bonds. The summed E-state index contributed by atoms with van der Waals surface area (Å²) in [6.07, 6.45) is 1.95. The summed E-state index contributed by atoms with van der Waals surface area (Å²) in [5.41, 5.74) is 1.00. The molecule has 0 N–H and O–H groups in total. The maximum Gasteiger partial charge on any atom is 0.137 e. The summed E-state index contributed by atoms with van der Waals surface area (Å²) in [5, 5.41) is 0. The number of para-hydroxylation sites is 2. The highest BCUT2D eigenvalue weighted by atomic mass is 16.5. The molecule has 17 heavy (non-hydrogen) atoms. The van der Waals surface area contributed by atoms with Gasteiger partial charge < -0.3 is 9.47 Å². The Morgan fingerprint density at radius 2 is 1.65 bits per heavy atom. The summed E-state index contributed by atoms with van der Waals surface area (Å²) < 4.78 is 11.4. The van der Waals surface area contributed by atoms with Crippen LogP contribution in [0, 0.1) is 0 Å². The molecule has 2 heteroatoms. The van der Waals surface area contributed by atoms with Gasteiger partial charge in [0.25, 0.3) is 0 Å². The van der Waals surface area contributed by atoms with Gasteiger partial charge in [-0.25, -0.2) is 0 Å². The second-order valence-electron chi connectivity index (χ2n) is 3.79. The van der Waals surface area contributed by atoms with E-state index in [0.717, 1.165) is 22.8 Å². The van der Waals surface area contributed by atoms with E-state index in [0.29, 0.717) is 6.61 Å². The van der Waals surface area contributed by atoms with Gasteiger partial charge in [-0.05, 0) is 30.3 Å². The van der Waals surface area contributed by atoms with Gasteiger partial charge in [-0.1, -0.05) is 30.3 Å². The first-order valence-corrected chi connectivity index (χ1v) is 5.59. The Morgan fingerprint density at radius 1 is 0.882 bits per heavy atom. The molecule has 84 valence electrons. The SMILES string of the molecule is C1=C(Oc2ccccc2)c2ccccc2OC1. The lowest BCUT2D eigenvalue weighted by molar-refractivity contribution is 0.347. The molecule has 3 rings (SSSR count). The molecule has 1 aliphatic rings. The normalized spacial score (nSPS) is 13.3. The van der Waals surface area contributed by atoms with Gasteiger partial charge in [0.1, 0.15) is 23.9 Å². The third-order valence-corrected chi connectivity index (χ3v) is 2.63. The molecule has 1 heterocycles. The fourth-order valence-corrected chi connectivity index (χ4v) is 1.83. The van der Waals surface area contributed by atoms with E-state index in [9.17, 15) is 0 Å². The van der Waals surface area contributed by atoms with Crippen LogP contribution in [0.2, 0.25) is 0 Å². The third-order valence-electron chi connectivity index (χ3n) is 2.63. The average molecular weight is 224 g/mol. The minimum Gasteiger partial charge on any atom is -0.489 e. The van der Waals surface area contributed by atoms with E-state index >= 15 is 0 Å². The second-order valence-corrected chi connectivity index (χ2v) is 3.79. The molecule has 0 unspecified atom stereocenters. The van der Waals surface area contributed by atoms with E-state index in [1.807, 2.05) is 60.7 Å². The van der Waals surface area contributed by atoms with Crippen molar-refractivity contribution in [1.29, 1.82) is 0 Å². The first-order chi connectivity index (χ1) is 8.43. The number of fused-ring (bicyclic) bond motifs is 1. The van der Waals surface area contributed by atoms with Crippen LogP contribution >= 0.6 is 0 Å². The van der Waals surface area contributed by atoms with Crippen molar-refractivity contribution in [2.45, 2.75) is 0 Å². The van der Waals surface area contributed by atoms with Crippen molar-refractivity contribution in [3.8, 4) is 11.5 Å². The van der Waals surface area contributed by atoms with Crippen LogP contribution in [0.5, 0.6) is 11.5 Å². The number of hydrogen-bond donors (Lipinski definition) is 0. The summed E-state index contributed by atoms with van der Waals surface area (Å²) in [6, 6.07) is 17.7. The van der Waals surface area contributed by atoms with Crippen molar-refractivity contribution in [2.75, 3.05) is 6.61 Å². The lowest BCUT2D eigenvalue weighted by Crippen LogP contribution is -2.07. The van der Waals surface area contributed by atoms with Gasteiger partial charge in [0.15, 0.2) is 0 Å². The van der Waals surface area contributed by atoms with E-state index in [1.165, 1.54) is 0 Å². The molecule has 0 aliphatic carbocycles. The maximum absolute atomic E-state index is 5.86. The number of benzene rings is 2. The van der Waals surface area contributed by atoms with Crippen LogP contribution in [0.25, 0.3) is 5.76 Å². The number of hydrogen-bond acceptors (Lipinski definition) is 2. The van der Waals surface area contributed by atoms with Gasteiger partial charge in [-0.15, -0.1) is 0 Å². The summed E-state index contributed by atoms with van der Waals surface area (Å²) in [7, 11) is 0. The van der Waals surface area contributed by atoms with Gasteiger partial charge in [-0.2, -0.15) is 0 Å². The van der Waals surface area contributed by atoms with Crippen molar-refractivity contribution in [3.63, 3.8) is 0 Å². The van der Waals surface area contributed by atoms with Gasteiger partial charge in [-0.3, -0.25) is 0 Å². The van der Waals surface area contributed by atoms with E-state index in [2.05, 4.69) is 0 Å². The van der Waals surface area contributed by atoms with Crippen molar-refractivity contribution in [3.05, 3.63) is 66.2 Å². The van der Waals surface area contributed by atoms with Crippen LogP contribution < -0.4 is 9.47 Å². The monoisotopic (exact) mass is 224 g/mol. The second kappa shape index (κ2) is 4.34. The molecule has 0 radical (unpaired) electrons. The van der Waals surface area contributed by atoms with Gasteiger partial charge in [0.2, 0.25) is 0 Å². The molecular formula is C15H12O2. The zero-order valence-corrected chi connectivity index (χ0v) is 9.30. The molecule has 0 saturated carbocycles. The zero-order chi connectivity index (χ0) is 11.5. The molecular weight excluding hydrogens is 212 g/mol. The van der Waals surface area contributed by atoms with Crippen LogP contribution in [0.3, 0.4) is 0 Å². The molecule has 0 bridgehead atoms. The third kappa shape index (κ3) is 2.02. The Morgan fingerprint density at radius 3 is 2.53 bits per heavy atom. The first-order valence-electron chi connectivity index (χ1n) is 5.59.